The molecule has 6 rings (SSSR count). The predicted octanol–water partition coefficient (Wildman–Crippen LogP) is 3.55. The summed E-state index contributed by atoms with van der Waals surface area (Å²) >= 11 is 0. The fourth-order valence-electron chi connectivity index (χ4n) is 4.72. The summed E-state index contributed by atoms with van der Waals surface area (Å²) < 4.78 is 60.3. The number of benzene rings is 3. The number of aryl methyl sites for hydroxylation is 2. The van der Waals surface area contributed by atoms with Gasteiger partial charge in [-0.2, -0.15) is 0 Å². The Hall–Kier alpha value is -4.29. The van der Waals surface area contributed by atoms with Gasteiger partial charge in [-0.25, -0.2) is 31.7 Å². The van der Waals surface area contributed by atoms with Crippen LogP contribution in [0.15, 0.2) is 64.4 Å². The van der Waals surface area contributed by atoms with Crippen LogP contribution in [0.4, 0.5) is 8.78 Å². The molecule has 0 saturated heterocycles. The van der Waals surface area contributed by atoms with Crippen LogP contribution in [0.25, 0.3) is 50.0 Å². The van der Waals surface area contributed by atoms with Gasteiger partial charge >= 0.3 is 5.69 Å². The number of aromatic nitrogens is 5. The summed E-state index contributed by atoms with van der Waals surface area (Å²) in [4.78, 5) is 20.2. The average molecular weight is 523 g/mol. The Morgan fingerprint density at radius 3 is 2.41 bits per heavy atom. The molecule has 3 aromatic carbocycles. The van der Waals surface area contributed by atoms with E-state index in [4.69, 9.17) is 4.98 Å². The molecule has 0 aliphatic rings. The number of imidazole rings is 2. The second-order valence-corrected chi connectivity index (χ2v) is 10.6. The van der Waals surface area contributed by atoms with E-state index in [-0.39, 0.29) is 10.6 Å². The van der Waals surface area contributed by atoms with Crippen molar-refractivity contribution >= 4 is 43.0 Å². The van der Waals surface area contributed by atoms with E-state index in [1.54, 1.807) is 49.1 Å². The van der Waals surface area contributed by atoms with Crippen molar-refractivity contribution in [1.82, 2.24) is 28.4 Å². The summed E-state index contributed by atoms with van der Waals surface area (Å²) in [5, 5.41) is 0.409. The molecule has 0 bridgehead atoms. The fourth-order valence-corrected chi connectivity index (χ4v) is 5.47. The Balaban J connectivity index is 1.72. The molecule has 37 heavy (non-hydrogen) atoms. The van der Waals surface area contributed by atoms with E-state index in [2.05, 4.69) is 9.71 Å². The molecule has 0 aliphatic heterocycles. The number of H-pyrrole nitrogens is 1. The number of aromatic amines is 1. The van der Waals surface area contributed by atoms with E-state index in [9.17, 15) is 22.0 Å². The van der Waals surface area contributed by atoms with Crippen molar-refractivity contribution in [3.63, 3.8) is 0 Å². The molecule has 0 fully saturated rings. The van der Waals surface area contributed by atoms with Crippen molar-refractivity contribution in [1.29, 1.82) is 0 Å². The maximum atomic E-state index is 14.2. The second kappa shape index (κ2) is 7.85. The molecule has 0 aliphatic carbocycles. The Labute approximate surface area is 208 Å². The number of fused-ring (bicyclic) bond motifs is 3. The maximum Gasteiger partial charge on any atom is 0.328 e. The lowest BCUT2D eigenvalue weighted by Gasteiger charge is -2.11. The van der Waals surface area contributed by atoms with Gasteiger partial charge in [-0.3, -0.25) is 13.7 Å². The lowest BCUT2D eigenvalue weighted by atomic mass is 10.1. The molecule has 12 heteroatoms. The van der Waals surface area contributed by atoms with E-state index in [0.717, 1.165) is 12.1 Å². The Kier molecular flexibility index (Phi) is 4.91. The topological polar surface area (TPSA) is 107 Å². The summed E-state index contributed by atoms with van der Waals surface area (Å²) in [6, 6.07) is 12.1. The van der Waals surface area contributed by atoms with E-state index >= 15 is 0 Å². The summed E-state index contributed by atoms with van der Waals surface area (Å²) in [5.41, 5.74) is 3.61. The lowest BCUT2D eigenvalue weighted by molar-refractivity contribution is 0.511. The lowest BCUT2D eigenvalue weighted by Crippen LogP contribution is -2.19. The average Bonchev–Trinajstić information content (AvgIpc) is 3.53. The van der Waals surface area contributed by atoms with Crippen LogP contribution < -0.4 is 10.4 Å². The zero-order valence-corrected chi connectivity index (χ0v) is 20.7. The van der Waals surface area contributed by atoms with Gasteiger partial charge in [0, 0.05) is 48.5 Å². The Bertz CT molecular complexity index is 2070. The number of halogens is 2. The van der Waals surface area contributed by atoms with Gasteiger partial charge in [0.2, 0.25) is 10.0 Å². The minimum atomic E-state index is -3.76. The molecule has 0 radical (unpaired) electrons. The first-order chi connectivity index (χ1) is 17.6. The van der Waals surface area contributed by atoms with Crippen molar-refractivity contribution in [2.24, 2.45) is 14.1 Å². The summed E-state index contributed by atoms with van der Waals surface area (Å²) in [7, 11) is 0.906. The van der Waals surface area contributed by atoms with Crippen LogP contribution in [0.2, 0.25) is 0 Å². The summed E-state index contributed by atoms with van der Waals surface area (Å²) in [6.07, 6.45) is 1.60. The van der Waals surface area contributed by atoms with E-state index in [1.165, 1.54) is 28.3 Å². The molecule has 9 nitrogen and oxygen atoms in total. The van der Waals surface area contributed by atoms with Gasteiger partial charge in [-0.15, -0.1) is 0 Å². The largest absolute Gasteiger partial charge is 0.360 e. The van der Waals surface area contributed by atoms with Gasteiger partial charge in [0.05, 0.1) is 27.0 Å². The van der Waals surface area contributed by atoms with Crippen LogP contribution in [0, 0.1) is 11.6 Å². The van der Waals surface area contributed by atoms with Crippen LogP contribution in [0.5, 0.6) is 0 Å². The third-order valence-corrected chi connectivity index (χ3v) is 8.09. The highest BCUT2D eigenvalue weighted by Gasteiger charge is 2.22. The molecule has 0 spiro atoms. The molecule has 3 heterocycles. The van der Waals surface area contributed by atoms with E-state index in [0.29, 0.717) is 50.0 Å². The molecule has 0 atom stereocenters. The summed E-state index contributed by atoms with van der Waals surface area (Å²) in [5.74, 6) is -1.60. The second-order valence-electron chi connectivity index (χ2n) is 8.72. The van der Waals surface area contributed by atoms with Crippen LogP contribution >= 0.6 is 0 Å². The third kappa shape index (κ3) is 3.33. The van der Waals surface area contributed by atoms with E-state index in [1.807, 2.05) is 0 Å². The van der Waals surface area contributed by atoms with Crippen LogP contribution in [-0.2, 0) is 24.1 Å². The number of nitrogens with zero attached hydrogens (tertiary/aromatic N) is 4. The number of sulfonamides is 1. The van der Waals surface area contributed by atoms with Crippen molar-refractivity contribution in [2.45, 2.75) is 4.90 Å². The number of rotatable bonds is 4. The molecule has 0 saturated carbocycles. The van der Waals surface area contributed by atoms with Crippen molar-refractivity contribution in [3.8, 4) is 17.1 Å². The fraction of sp³-hybridized carbons (Fsp3) is 0.120. The van der Waals surface area contributed by atoms with Crippen molar-refractivity contribution in [2.75, 3.05) is 7.05 Å². The standard InChI is InChI=1S/C25H20F2N6O3S/c1-28-37(35,36)14-5-6-19-22(9-14)33(13-4-7-21-23(8-13)32(3)25(34)31(21)2)24(30-19)16-12-29-20-11-18(27)17(26)10-15(16)20/h4-12,28-29H,1-3H3. The molecular weight excluding hydrogens is 502 g/mol. The van der Waals surface area contributed by atoms with Crippen LogP contribution in [0.3, 0.4) is 0 Å². The number of hydrogen-bond acceptors (Lipinski definition) is 4. The first-order valence-electron chi connectivity index (χ1n) is 11.2. The SMILES string of the molecule is CNS(=O)(=O)c1ccc2nc(-c3c[nH]c4cc(F)c(F)cc34)n(-c3ccc4c(c3)n(C)c(=O)n4C)c2c1. The van der Waals surface area contributed by atoms with Crippen LogP contribution in [0.1, 0.15) is 0 Å². The zero-order valence-electron chi connectivity index (χ0n) is 19.9. The van der Waals surface area contributed by atoms with Gasteiger partial charge < -0.3 is 4.98 Å². The van der Waals surface area contributed by atoms with Crippen LogP contribution in [-0.4, -0.2) is 39.1 Å². The number of hydrogen-bond donors (Lipinski definition) is 2. The first-order valence-corrected chi connectivity index (χ1v) is 12.7. The van der Waals surface area contributed by atoms with Gasteiger partial charge in [0.25, 0.3) is 0 Å². The predicted molar refractivity (Wildman–Crippen MR) is 136 cm³/mol. The smallest absolute Gasteiger partial charge is 0.328 e. The maximum absolute atomic E-state index is 14.2. The minimum Gasteiger partial charge on any atom is -0.360 e. The molecule has 3 aromatic heterocycles. The third-order valence-electron chi connectivity index (χ3n) is 6.68. The highest BCUT2D eigenvalue weighted by atomic mass is 32.2. The van der Waals surface area contributed by atoms with Gasteiger partial charge in [-0.05, 0) is 49.5 Å². The number of nitrogens with one attached hydrogen (secondary N) is 2. The Morgan fingerprint density at radius 2 is 1.65 bits per heavy atom. The Morgan fingerprint density at radius 1 is 0.919 bits per heavy atom. The normalized spacial score (nSPS) is 12.4. The van der Waals surface area contributed by atoms with Crippen molar-refractivity contribution < 1.29 is 17.2 Å². The highest BCUT2D eigenvalue weighted by Crippen LogP contribution is 2.35. The first kappa shape index (κ1) is 23.1. The monoisotopic (exact) mass is 522 g/mol. The van der Waals surface area contributed by atoms with Crippen molar-refractivity contribution in [3.05, 3.63) is 76.8 Å². The van der Waals surface area contributed by atoms with Gasteiger partial charge in [0.1, 0.15) is 5.82 Å². The highest BCUT2D eigenvalue weighted by molar-refractivity contribution is 7.89. The quantitative estimate of drug-likeness (QED) is 0.369. The zero-order chi connectivity index (χ0) is 26.2. The molecule has 0 amide bonds. The summed E-state index contributed by atoms with van der Waals surface area (Å²) in [6.45, 7) is 0. The molecular formula is C25H20F2N6O3S. The molecule has 6 aromatic rings. The molecule has 2 N–H and O–H groups in total. The van der Waals surface area contributed by atoms with E-state index < -0.39 is 21.7 Å². The molecule has 0 unspecified atom stereocenters. The van der Waals surface area contributed by atoms with Gasteiger partial charge in [0.15, 0.2) is 11.6 Å². The molecule has 188 valence electrons. The minimum absolute atomic E-state index is 0.0374. The van der Waals surface area contributed by atoms with Gasteiger partial charge in [-0.1, -0.05) is 0 Å².